The van der Waals surface area contributed by atoms with Gasteiger partial charge in [-0.1, -0.05) is 29.3 Å². The first-order valence-corrected chi connectivity index (χ1v) is 12.3. The lowest BCUT2D eigenvalue weighted by Crippen LogP contribution is -2.43. The summed E-state index contributed by atoms with van der Waals surface area (Å²) < 4.78 is 11.6. The van der Waals surface area contributed by atoms with E-state index in [1.165, 1.54) is 0 Å². The summed E-state index contributed by atoms with van der Waals surface area (Å²) in [5.74, 6) is -0.381. The molecule has 1 amide bonds. The van der Waals surface area contributed by atoms with Crippen LogP contribution in [0, 0.1) is 5.92 Å². The van der Waals surface area contributed by atoms with Crippen LogP contribution in [0.25, 0.3) is 0 Å². The van der Waals surface area contributed by atoms with Crippen LogP contribution >= 0.6 is 34.8 Å². The summed E-state index contributed by atoms with van der Waals surface area (Å²) in [4.78, 5) is 31.2. The maximum absolute atomic E-state index is 13.7. The van der Waals surface area contributed by atoms with Gasteiger partial charge in [-0.05, 0) is 37.0 Å². The van der Waals surface area contributed by atoms with Crippen molar-refractivity contribution in [1.82, 2.24) is 9.80 Å². The second kappa shape index (κ2) is 9.15. The lowest BCUT2D eigenvalue weighted by atomic mass is 9.77. The van der Waals surface area contributed by atoms with Crippen molar-refractivity contribution in [3.05, 3.63) is 45.1 Å². The van der Waals surface area contributed by atoms with Crippen molar-refractivity contribution < 1.29 is 19.1 Å². The maximum atomic E-state index is 13.7. The molecule has 0 aromatic heterocycles. The van der Waals surface area contributed by atoms with Gasteiger partial charge in [-0.2, -0.15) is 0 Å². The first-order valence-electron chi connectivity index (χ1n) is 11.1. The molecule has 0 bridgehead atoms. The zero-order chi connectivity index (χ0) is 22.4. The Morgan fingerprint density at radius 2 is 1.81 bits per heavy atom. The van der Waals surface area contributed by atoms with Gasteiger partial charge in [-0.25, -0.2) is 0 Å². The molecule has 172 valence electrons. The Kier molecular flexibility index (Phi) is 6.43. The molecule has 1 saturated heterocycles. The zero-order valence-electron chi connectivity index (χ0n) is 17.6. The fourth-order valence-corrected chi connectivity index (χ4v) is 5.82. The van der Waals surface area contributed by atoms with Gasteiger partial charge in [0, 0.05) is 31.6 Å². The highest BCUT2D eigenvalue weighted by molar-refractivity contribution is 6.42. The average molecular weight is 500 g/mol. The van der Waals surface area contributed by atoms with Crippen LogP contribution < -0.4 is 0 Å². The lowest BCUT2D eigenvalue weighted by Gasteiger charge is -2.37. The van der Waals surface area contributed by atoms with E-state index in [1.807, 2.05) is 6.07 Å². The molecule has 0 N–H and O–H groups in total. The van der Waals surface area contributed by atoms with E-state index < -0.39 is 6.04 Å². The number of benzene rings is 1. The van der Waals surface area contributed by atoms with E-state index in [4.69, 9.17) is 44.3 Å². The molecule has 3 aliphatic heterocycles. The number of ketones is 1. The van der Waals surface area contributed by atoms with Crippen LogP contribution in [0.2, 0.25) is 10.0 Å². The molecule has 32 heavy (non-hydrogen) atoms. The fourth-order valence-electron chi connectivity index (χ4n) is 5.20. The van der Waals surface area contributed by atoms with Crippen molar-refractivity contribution in [1.29, 1.82) is 0 Å². The smallest absolute Gasteiger partial charge is 0.290 e. The molecule has 9 heteroatoms. The molecule has 4 atom stereocenters. The molecule has 4 unspecified atom stereocenters. The van der Waals surface area contributed by atoms with Crippen LogP contribution in [0.1, 0.15) is 30.9 Å². The summed E-state index contributed by atoms with van der Waals surface area (Å²) >= 11 is 18.8. The summed E-state index contributed by atoms with van der Waals surface area (Å²) in [7, 11) is 0. The summed E-state index contributed by atoms with van der Waals surface area (Å²) in [5.41, 5.74) is 1.19. The van der Waals surface area contributed by atoms with Crippen LogP contribution in [0.4, 0.5) is 0 Å². The third kappa shape index (κ3) is 4.05. The third-order valence-electron chi connectivity index (χ3n) is 6.90. The van der Waals surface area contributed by atoms with Crippen LogP contribution in [-0.4, -0.2) is 72.4 Å². The summed E-state index contributed by atoms with van der Waals surface area (Å²) in [6.45, 7) is 4.18. The van der Waals surface area contributed by atoms with E-state index in [-0.39, 0.29) is 34.8 Å². The molecular weight excluding hydrogens is 475 g/mol. The van der Waals surface area contributed by atoms with Crippen molar-refractivity contribution in [2.45, 2.75) is 36.8 Å². The van der Waals surface area contributed by atoms with Crippen LogP contribution in [0.5, 0.6) is 0 Å². The first kappa shape index (κ1) is 22.5. The summed E-state index contributed by atoms with van der Waals surface area (Å²) in [5, 5.41) is 0.764. The van der Waals surface area contributed by atoms with Gasteiger partial charge in [-0.3, -0.25) is 14.5 Å². The van der Waals surface area contributed by atoms with E-state index in [9.17, 15) is 9.59 Å². The third-order valence-corrected chi connectivity index (χ3v) is 8.03. The number of Topliss-reactive ketones (excluding diaryl/α,β-unsaturated/α-hetero) is 1. The van der Waals surface area contributed by atoms with Crippen molar-refractivity contribution in [2.24, 2.45) is 5.92 Å². The normalized spacial score (nSPS) is 30.9. The molecule has 0 spiro atoms. The van der Waals surface area contributed by atoms with Crippen molar-refractivity contribution in [3.8, 4) is 0 Å². The van der Waals surface area contributed by atoms with E-state index in [0.717, 1.165) is 25.1 Å². The molecule has 6 nitrogen and oxygen atoms in total. The SMILES string of the molecule is O=C1C2=C(OC3CCC(Cl)CC13)C(=O)N(CCN1CCOCC1)C2c1ccc(Cl)c(Cl)c1. The fraction of sp³-hybridized carbons (Fsp3) is 0.565. The van der Waals surface area contributed by atoms with Gasteiger partial charge < -0.3 is 14.4 Å². The zero-order valence-corrected chi connectivity index (χ0v) is 19.8. The number of hydrogen-bond donors (Lipinski definition) is 0. The number of fused-ring (bicyclic) bond motifs is 1. The molecule has 1 aliphatic carbocycles. The van der Waals surface area contributed by atoms with Crippen LogP contribution in [-0.2, 0) is 19.1 Å². The van der Waals surface area contributed by atoms with Gasteiger partial charge in [0.15, 0.2) is 11.5 Å². The minimum atomic E-state index is -0.544. The number of carbonyl (C=O) groups is 2. The van der Waals surface area contributed by atoms with E-state index in [1.54, 1.807) is 17.0 Å². The Balaban J connectivity index is 1.49. The predicted octanol–water partition coefficient (Wildman–Crippen LogP) is 3.84. The number of ether oxygens (including phenoxy) is 2. The van der Waals surface area contributed by atoms with Gasteiger partial charge in [0.2, 0.25) is 0 Å². The second-order valence-corrected chi connectivity index (χ2v) is 10.2. The number of alkyl halides is 1. The first-order chi connectivity index (χ1) is 15.4. The highest BCUT2D eigenvalue weighted by atomic mass is 35.5. The monoisotopic (exact) mass is 498 g/mol. The van der Waals surface area contributed by atoms with E-state index >= 15 is 0 Å². The Labute approximate surface area is 202 Å². The van der Waals surface area contributed by atoms with Crippen molar-refractivity contribution >= 4 is 46.5 Å². The van der Waals surface area contributed by atoms with Gasteiger partial charge >= 0.3 is 0 Å². The number of halogens is 3. The standard InChI is InChI=1S/C23H25Cl3N2O4/c24-14-2-4-18-15(12-14)21(29)19-20(13-1-3-16(25)17(26)11-13)28(23(30)22(19)32-18)6-5-27-7-9-31-10-8-27/h1,3,11,14-15,18,20H,2,4-10,12H2. The topological polar surface area (TPSA) is 59.1 Å². The van der Waals surface area contributed by atoms with Crippen LogP contribution in [0.3, 0.4) is 0 Å². The number of carbonyl (C=O) groups excluding carboxylic acids is 2. The second-order valence-electron chi connectivity index (χ2n) is 8.81. The Morgan fingerprint density at radius 3 is 2.56 bits per heavy atom. The number of rotatable bonds is 4. The lowest BCUT2D eigenvalue weighted by molar-refractivity contribution is -0.135. The summed E-state index contributed by atoms with van der Waals surface area (Å²) in [6, 6.07) is 4.73. The minimum Gasteiger partial charge on any atom is -0.483 e. The van der Waals surface area contributed by atoms with Crippen molar-refractivity contribution in [3.63, 3.8) is 0 Å². The minimum absolute atomic E-state index is 0.0279. The van der Waals surface area contributed by atoms with Gasteiger partial charge in [0.25, 0.3) is 5.91 Å². The van der Waals surface area contributed by atoms with Gasteiger partial charge in [0.1, 0.15) is 6.10 Å². The molecule has 1 aromatic carbocycles. The van der Waals surface area contributed by atoms with Gasteiger partial charge in [-0.15, -0.1) is 11.6 Å². The highest BCUT2D eigenvalue weighted by Crippen LogP contribution is 2.47. The molecule has 1 saturated carbocycles. The Morgan fingerprint density at radius 1 is 1.03 bits per heavy atom. The number of hydrogen-bond acceptors (Lipinski definition) is 5. The quantitative estimate of drug-likeness (QED) is 0.589. The molecule has 4 aliphatic rings. The van der Waals surface area contributed by atoms with Crippen molar-refractivity contribution in [2.75, 3.05) is 39.4 Å². The largest absolute Gasteiger partial charge is 0.483 e. The Bertz CT molecular complexity index is 963. The number of nitrogens with zero attached hydrogens (tertiary/aromatic N) is 2. The number of morpholine rings is 1. The molecule has 0 radical (unpaired) electrons. The van der Waals surface area contributed by atoms with Crippen LogP contribution in [0.15, 0.2) is 29.5 Å². The highest BCUT2D eigenvalue weighted by Gasteiger charge is 2.52. The molecule has 5 rings (SSSR count). The van der Waals surface area contributed by atoms with E-state index in [2.05, 4.69) is 4.90 Å². The Hall–Kier alpha value is -1.31. The van der Waals surface area contributed by atoms with E-state index in [0.29, 0.717) is 54.8 Å². The molecule has 1 aromatic rings. The number of amides is 1. The summed E-state index contributed by atoms with van der Waals surface area (Å²) in [6.07, 6.45) is 1.75. The maximum Gasteiger partial charge on any atom is 0.290 e. The van der Waals surface area contributed by atoms with Gasteiger partial charge in [0.05, 0.1) is 40.8 Å². The molecule has 3 heterocycles. The average Bonchev–Trinajstić information content (AvgIpc) is 3.07. The predicted molar refractivity (Wildman–Crippen MR) is 122 cm³/mol. The molecule has 2 fully saturated rings. The molecular formula is C23H25Cl3N2O4.